The maximum absolute atomic E-state index is 5.35. The molecule has 0 bridgehead atoms. The van der Waals surface area contributed by atoms with E-state index in [1.165, 1.54) is 38.0 Å². The molecule has 0 aliphatic rings. The lowest BCUT2D eigenvalue weighted by atomic mass is 10.0. The van der Waals surface area contributed by atoms with Crippen molar-refractivity contribution in [3.63, 3.8) is 0 Å². The van der Waals surface area contributed by atoms with Crippen LogP contribution in [0, 0.1) is 6.92 Å². The van der Waals surface area contributed by atoms with Gasteiger partial charge < -0.3 is 4.57 Å². The number of aromatic nitrogens is 4. The van der Waals surface area contributed by atoms with Crippen LogP contribution in [0.4, 0.5) is 0 Å². The first-order chi connectivity index (χ1) is 25.1. The van der Waals surface area contributed by atoms with Crippen LogP contribution in [-0.2, 0) is 0 Å². The van der Waals surface area contributed by atoms with Gasteiger partial charge in [-0.1, -0.05) is 122 Å². The second kappa shape index (κ2) is 11.4. The van der Waals surface area contributed by atoms with Crippen molar-refractivity contribution in [2.45, 2.75) is 6.92 Å². The average Bonchev–Trinajstić information content (AvgIpc) is 3.68. The maximum atomic E-state index is 5.35. The SMILES string of the molecule is C=C(/C=C\c1ccccc1C)c1nc2ccccc2nc1-n1c2ccccc2c2cc3c4c5ccccc5ccc4n(-c4ccccc4)c3cc21. The normalized spacial score (nSPS) is 12.0. The summed E-state index contributed by atoms with van der Waals surface area (Å²) in [6.45, 7) is 6.69. The molecule has 0 aliphatic carbocycles. The van der Waals surface area contributed by atoms with Crippen LogP contribution in [0.5, 0.6) is 0 Å². The molecule has 0 saturated heterocycles. The lowest BCUT2D eigenvalue weighted by molar-refractivity contribution is 1.06. The number of para-hydroxylation sites is 4. The van der Waals surface area contributed by atoms with E-state index in [0.717, 1.165) is 61.3 Å². The zero-order valence-electron chi connectivity index (χ0n) is 28.1. The number of allylic oxidation sites excluding steroid dienone is 2. The number of nitrogens with zero attached hydrogens (tertiary/aromatic N) is 4. The van der Waals surface area contributed by atoms with Crippen LogP contribution in [0.3, 0.4) is 0 Å². The van der Waals surface area contributed by atoms with Crippen LogP contribution in [0.2, 0.25) is 0 Å². The minimum atomic E-state index is 0.746. The Labute approximate surface area is 294 Å². The maximum Gasteiger partial charge on any atom is 0.165 e. The summed E-state index contributed by atoms with van der Waals surface area (Å²) in [4.78, 5) is 10.6. The van der Waals surface area contributed by atoms with E-state index in [-0.39, 0.29) is 0 Å². The van der Waals surface area contributed by atoms with Crippen molar-refractivity contribution in [2.75, 3.05) is 0 Å². The van der Waals surface area contributed by atoms with Gasteiger partial charge in [-0.3, -0.25) is 4.57 Å². The minimum absolute atomic E-state index is 0.746. The smallest absolute Gasteiger partial charge is 0.165 e. The van der Waals surface area contributed by atoms with Gasteiger partial charge >= 0.3 is 0 Å². The molecule has 51 heavy (non-hydrogen) atoms. The van der Waals surface area contributed by atoms with Crippen molar-refractivity contribution in [1.29, 1.82) is 0 Å². The van der Waals surface area contributed by atoms with Gasteiger partial charge in [0.25, 0.3) is 0 Å². The third-order valence-electron chi connectivity index (χ3n) is 10.2. The molecule has 10 aromatic rings. The Morgan fingerprint density at radius 3 is 2.08 bits per heavy atom. The minimum Gasteiger partial charge on any atom is -0.309 e. The van der Waals surface area contributed by atoms with E-state index in [4.69, 9.17) is 9.97 Å². The number of fused-ring (bicyclic) bond motifs is 9. The molecular formula is C47H32N4. The van der Waals surface area contributed by atoms with Gasteiger partial charge in [-0.2, -0.15) is 0 Å². The summed E-state index contributed by atoms with van der Waals surface area (Å²) in [6, 6.07) is 53.7. The van der Waals surface area contributed by atoms with Crippen molar-refractivity contribution < 1.29 is 0 Å². The van der Waals surface area contributed by atoms with Crippen LogP contribution in [-0.4, -0.2) is 19.1 Å². The highest BCUT2D eigenvalue weighted by atomic mass is 15.1. The zero-order valence-corrected chi connectivity index (χ0v) is 28.1. The lowest BCUT2D eigenvalue weighted by Crippen LogP contribution is -2.05. The van der Waals surface area contributed by atoms with Crippen LogP contribution < -0.4 is 0 Å². The molecule has 0 saturated carbocycles. The third-order valence-corrected chi connectivity index (χ3v) is 10.2. The summed E-state index contributed by atoms with van der Waals surface area (Å²) in [5.41, 5.74) is 11.1. The summed E-state index contributed by atoms with van der Waals surface area (Å²) < 4.78 is 4.69. The fourth-order valence-electron chi connectivity index (χ4n) is 7.74. The van der Waals surface area contributed by atoms with E-state index < -0.39 is 0 Å². The molecule has 240 valence electrons. The van der Waals surface area contributed by atoms with Crippen LogP contribution in [0.15, 0.2) is 164 Å². The van der Waals surface area contributed by atoms with Gasteiger partial charge in [0, 0.05) is 27.2 Å². The molecule has 4 nitrogen and oxygen atoms in total. The van der Waals surface area contributed by atoms with E-state index in [0.29, 0.717) is 0 Å². The molecule has 10 rings (SSSR count). The Morgan fingerprint density at radius 2 is 1.24 bits per heavy atom. The first kappa shape index (κ1) is 29.2. The van der Waals surface area contributed by atoms with E-state index in [1.54, 1.807) is 0 Å². The predicted molar refractivity (Wildman–Crippen MR) is 215 cm³/mol. The molecule has 0 amide bonds. The Morgan fingerprint density at radius 1 is 0.549 bits per heavy atom. The Hall–Kier alpha value is -6.78. The third kappa shape index (κ3) is 4.54. The summed E-state index contributed by atoms with van der Waals surface area (Å²) in [5.74, 6) is 0.756. The number of hydrogen-bond donors (Lipinski definition) is 0. The summed E-state index contributed by atoms with van der Waals surface area (Å²) >= 11 is 0. The van der Waals surface area contributed by atoms with Crippen LogP contribution >= 0.6 is 0 Å². The van der Waals surface area contributed by atoms with E-state index >= 15 is 0 Å². The molecule has 0 unspecified atom stereocenters. The summed E-state index contributed by atoms with van der Waals surface area (Å²) in [5, 5.41) is 7.28. The van der Waals surface area contributed by atoms with Crippen molar-refractivity contribution in [3.8, 4) is 11.5 Å². The Balaban J connectivity index is 1.32. The molecule has 0 spiro atoms. The fourth-order valence-corrected chi connectivity index (χ4v) is 7.74. The van der Waals surface area contributed by atoms with Crippen molar-refractivity contribution >= 4 is 77.1 Å². The first-order valence-electron chi connectivity index (χ1n) is 17.3. The number of aryl methyl sites for hydroxylation is 1. The molecule has 0 radical (unpaired) electrons. The molecule has 3 aromatic heterocycles. The molecule has 0 fully saturated rings. The molecular weight excluding hydrogens is 621 g/mol. The highest BCUT2D eigenvalue weighted by molar-refractivity contribution is 6.25. The van der Waals surface area contributed by atoms with Gasteiger partial charge in [-0.05, 0) is 82.9 Å². The van der Waals surface area contributed by atoms with Gasteiger partial charge in [-0.25, -0.2) is 9.97 Å². The van der Waals surface area contributed by atoms with Crippen molar-refractivity contribution in [1.82, 2.24) is 19.1 Å². The largest absolute Gasteiger partial charge is 0.309 e. The lowest BCUT2D eigenvalue weighted by Gasteiger charge is -2.14. The number of rotatable bonds is 5. The number of benzene rings is 7. The molecule has 7 aromatic carbocycles. The van der Waals surface area contributed by atoms with E-state index in [1.807, 2.05) is 24.3 Å². The summed E-state index contributed by atoms with van der Waals surface area (Å²) in [6.07, 6.45) is 4.19. The van der Waals surface area contributed by atoms with Crippen molar-refractivity contribution in [2.24, 2.45) is 0 Å². The summed E-state index contributed by atoms with van der Waals surface area (Å²) in [7, 11) is 0. The van der Waals surface area contributed by atoms with E-state index in [9.17, 15) is 0 Å². The Bertz CT molecular complexity index is 3050. The Kier molecular flexibility index (Phi) is 6.52. The standard InChI is InChI=1S/C47H32N4/c1-30-14-6-7-15-32(30)25-24-31(2)46-47(49-40-22-12-11-21-39(40)48-46)51-41-23-13-10-20-36(41)37-28-38-44(29-43(37)51)50(34-17-4-3-5-18-34)42-27-26-33-16-8-9-19-35(33)45(38)42/h3-29H,2H2,1H3/b25-24-. The molecule has 3 heterocycles. The highest BCUT2D eigenvalue weighted by Crippen LogP contribution is 2.42. The topological polar surface area (TPSA) is 35.6 Å². The van der Waals surface area contributed by atoms with Gasteiger partial charge in [0.15, 0.2) is 5.82 Å². The molecule has 0 atom stereocenters. The van der Waals surface area contributed by atoms with Gasteiger partial charge in [-0.15, -0.1) is 0 Å². The van der Waals surface area contributed by atoms with Gasteiger partial charge in [0.1, 0.15) is 5.69 Å². The fraction of sp³-hybridized carbons (Fsp3) is 0.0213. The van der Waals surface area contributed by atoms with E-state index in [2.05, 4.69) is 162 Å². The monoisotopic (exact) mass is 652 g/mol. The molecule has 0 N–H and O–H groups in total. The quantitative estimate of drug-likeness (QED) is 0.173. The second-order valence-corrected chi connectivity index (χ2v) is 13.2. The van der Waals surface area contributed by atoms with Crippen LogP contribution in [0.1, 0.15) is 16.8 Å². The molecule has 4 heteroatoms. The van der Waals surface area contributed by atoms with Crippen LogP contribution in [0.25, 0.3) is 88.6 Å². The molecule has 0 aliphatic heterocycles. The van der Waals surface area contributed by atoms with Gasteiger partial charge in [0.05, 0.1) is 33.1 Å². The van der Waals surface area contributed by atoms with Crippen molar-refractivity contribution in [3.05, 3.63) is 181 Å². The zero-order chi connectivity index (χ0) is 34.1. The average molecular weight is 653 g/mol. The first-order valence-corrected chi connectivity index (χ1v) is 17.3. The highest BCUT2D eigenvalue weighted by Gasteiger charge is 2.22. The number of hydrogen-bond acceptors (Lipinski definition) is 2. The predicted octanol–water partition coefficient (Wildman–Crippen LogP) is 12.0. The second-order valence-electron chi connectivity index (χ2n) is 13.2. The van der Waals surface area contributed by atoms with Gasteiger partial charge in [0.2, 0.25) is 0 Å².